The monoisotopic (exact) mass is 360 g/mol. The van der Waals surface area contributed by atoms with Gasteiger partial charge in [0.1, 0.15) is 0 Å². The third-order valence-corrected chi connectivity index (χ3v) is 20.2. The molecule has 0 aliphatic carbocycles. The number of hydrogen-bond donors (Lipinski definition) is 0. The fourth-order valence-corrected chi connectivity index (χ4v) is 20.1. The summed E-state index contributed by atoms with van der Waals surface area (Å²) in [5.41, 5.74) is 1.69. The van der Waals surface area contributed by atoms with E-state index in [2.05, 4.69) is 40.7 Å². The van der Waals surface area contributed by atoms with Crippen LogP contribution in [0.15, 0.2) is 11.6 Å². The third kappa shape index (κ3) is 7.86. The molecule has 0 fully saturated rings. The maximum atomic E-state index is 2.37. The third-order valence-electron chi connectivity index (χ3n) is 4.33. The Morgan fingerprint density at radius 3 is 1.50 bits per heavy atom. The van der Waals surface area contributed by atoms with Crippen molar-refractivity contribution in [1.29, 1.82) is 0 Å². The van der Waals surface area contributed by atoms with Crippen molar-refractivity contribution in [1.82, 2.24) is 0 Å². The summed E-state index contributed by atoms with van der Waals surface area (Å²) in [7, 11) is 0. The molecule has 0 unspecified atom stereocenters. The van der Waals surface area contributed by atoms with Crippen LogP contribution >= 0.6 is 0 Å². The molecule has 0 saturated heterocycles. The van der Waals surface area contributed by atoms with E-state index in [9.17, 15) is 0 Å². The molecule has 0 atom stereocenters. The number of allylic oxidation sites excluding steroid dienone is 2. The van der Waals surface area contributed by atoms with E-state index in [4.69, 9.17) is 0 Å². The summed E-state index contributed by atoms with van der Waals surface area (Å²) in [5, 5.41) is 0. The molecule has 0 bridgehead atoms. The van der Waals surface area contributed by atoms with Crippen molar-refractivity contribution in [2.75, 3.05) is 0 Å². The van der Waals surface area contributed by atoms with E-state index >= 15 is 0 Å². The van der Waals surface area contributed by atoms with E-state index < -0.39 is 18.4 Å². The summed E-state index contributed by atoms with van der Waals surface area (Å²) in [6.45, 7) is 11.7. The molecule has 0 aromatic rings. The predicted octanol–water partition coefficient (Wildman–Crippen LogP) is 6.80. The Hall–Kier alpha value is 0.539. The molecule has 0 nitrogen and oxygen atoms in total. The molecule has 0 radical (unpaired) electrons. The molecule has 0 amide bonds. The minimum absolute atomic E-state index is 1.39. The average molecular weight is 359 g/mol. The fourth-order valence-electron chi connectivity index (χ4n) is 2.99. The molecule has 0 aromatic heterocycles. The molecular formula is C17H36Sn. The molecule has 0 aromatic carbocycles. The molecule has 1 heteroatoms. The van der Waals surface area contributed by atoms with Crippen LogP contribution in [0.3, 0.4) is 0 Å². The standard InChI is InChI=1S/C5H9.3C4H9.Sn/c1-4-5(2)3;3*1-3-4-2;/h4H,2H2,1,3H3;3*1,3-4H2,2H3;. The van der Waals surface area contributed by atoms with Gasteiger partial charge in [-0.3, -0.25) is 0 Å². The van der Waals surface area contributed by atoms with Crippen molar-refractivity contribution in [3.05, 3.63) is 11.6 Å². The molecule has 0 spiro atoms. The maximum absolute atomic E-state index is 2.37. The zero-order valence-corrected chi connectivity index (χ0v) is 16.5. The van der Waals surface area contributed by atoms with Gasteiger partial charge in [-0.25, -0.2) is 0 Å². The topological polar surface area (TPSA) is 0 Å². The molecule has 18 heavy (non-hydrogen) atoms. The summed E-state index contributed by atoms with van der Waals surface area (Å²) in [6.07, 6.45) is 11.1. The van der Waals surface area contributed by atoms with Crippen molar-refractivity contribution < 1.29 is 0 Å². The zero-order valence-electron chi connectivity index (χ0n) is 13.6. The SMILES string of the molecule is CC=C(C)[CH2][Sn]([CH2]CCC)([CH2]CCC)[CH2]CCC. The molecule has 0 rings (SSSR count). The van der Waals surface area contributed by atoms with Crippen LogP contribution in [0.2, 0.25) is 17.7 Å². The Morgan fingerprint density at radius 1 is 0.833 bits per heavy atom. The van der Waals surface area contributed by atoms with E-state index in [-0.39, 0.29) is 0 Å². The Kier molecular flexibility index (Phi) is 11.7. The molecule has 0 heterocycles. The summed E-state index contributed by atoms with van der Waals surface area (Å²) >= 11 is -1.84. The van der Waals surface area contributed by atoms with E-state index in [0.717, 1.165) is 0 Å². The van der Waals surface area contributed by atoms with Gasteiger partial charge >= 0.3 is 121 Å². The van der Waals surface area contributed by atoms with Crippen molar-refractivity contribution in [3.63, 3.8) is 0 Å². The first-order chi connectivity index (χ1) is 8.64. The fraction of sp³-hybridized carbons (Fsp3) is 0.882. The molecular weight excluding hydrogens is 323 g/mol. The predicted molar refractivity (Wildman–Crippen MR) is 89.1 cm³/mol. The van der Waals surface area contributed by atoms with Crippen molar-refractivity contribution in [2.24, 2.45) is 0 Å². The number of hydrogen-bond acceptors (Lipinski definition) is 0. The van der Waals surface area contributed by atoms with Crippen LogP contribution < -0.4 is 0 Å². The normalized spacial score (nSPS) is 13.1. The van der Waals surface area contributed by atoms with E-state index in [1.54, 1.807) is 23.3 Å². The van der Waals surface area contributed by atoms with E-state index in [0.29, 0.717) is 0 Å². The Balaban J connectivity index is 4.72. The van der Waals surface area contributed by atoms with Crippen LogP contribution in [-0.4, -0.2) is 18.4 Å². The van der Waals surface area contributed by atoms with Gasteiger partial charge in [-0.05, 0) is 0 Å². The summed E-state index contributed by atoms with van der Waals surface area (Å²) in [5.74, 6) is 0. The van der Waals surface area contributed by atoms with Gasteiger partial charge < -0.3 is 0 Å². The van der Waals surface area contributed by atoms with Crippen LogP contribution in [0.5, 0.6) is 0 Å². The molecule has 0 aliphatic rings. The van der Waals surface area contributed by atoms with Gasteiger partial charge in [0.2, 0.25) is 0 Å². The average Bonchev–Trinajstić information content (AvgIpc) is 2.40. The molecule has 0 aliphatic heterocycles. The Bertz CT molecular complexity index is 196. The van der Waals surface area contributed by atoms with Crippen LogP contribution in [0.1, 0.15) is 73.1 Å². The summed E-state index contributed by atoms with van der Waals surface area (Å²) < 4.78 is 6.49. The van der Waals surface area contributed by atoms with Gasteiger partial charge in [0.15, 0.2) is 0 Å². The van der Waals surface area contributed by atoms with Crippen LogP contribution in [0, 0.1) is 0 Å². The molecule has 0 N–H and O–H groups in total. The zero-order chi connectivity index (χ0) is 13.9. The Labute approximate surface area is 121 Å². The Morgan fingerprint density at radius 2 is 1.22 bits per heavy atom. The second-order valence-electron chi connectivity index (χ2n) is 6.12. The van der Waals surface area contributed by atoms with Gasteiger partial charge in [-0.2, -0.15) is 0 Å². The second kappa shape index (κ2) is 11.4. The van der Waals surface area contributed by atoms with Crippen LogP contribution in [-0.2, 0) is 0 Å². The van der Waals surface area contributed by atoms with Crippen LogP contribution in [0.25, 0.3) is 0 Å². The van der Waals surface area contributed by atoms with Gasteiger partial charge in [0.25, 0.3) is 0 Å². The minimum atomic E-state index is -1.84. The van der Waals surface area contributed by atoms with Gasteiger partial charge in [0, 0.05) is 0 Å². The van der Waals surface area contributed by atoms with E-state index in [1.807, 2.05) is 0 Å². The van der Waals surface area contributed by atoms with Gasteiger partial charge in [-0.1, -0.05) is 0 Å². The molecule has 0 saturated carbocycles. The van der Waals surface area contributed by atoms with Gasteiger partial charge in [-0.15, -0.1) is 0 Å². The molecule has 108 valence electrons. The van der Waals surface area contributed by atoms with Crippen molar-refractivity contribution >= 4 is 18.4 Å². The number of unbranched alkanes of at least 4 members (excludes halogenated alkanes) is 3. The van der Waals surface area contributed by atoms with Crippen molar-refractivity contribution in [2.45, 2.75) is 90.9 Å². The summed E-state index contributed by atoms with van der Waals surface area (Å²) in [4.78, 5) is 0. The second-order valence-corrected chi connectivity index (χ2v) is 20.0. The first kappa shape index (κ1) is 18.5. The van der Waals surface area contributed by atoms with Crippen molar-refractivity contribution in [3.8, 4) is 0 Å². The van der Waals surface area contributed by atoms with Crippen LogP contribution in [0.4, 0.5) is 0 Å². The first-order valence-corrected chi connectivity index (χ1v) is 16.3. The number of rotatable bonds is 11. The summed E-state index contributed by atoms with van der Waals surface area (Å²) in [6, 6.07) is 0. The van der Waals surface area contributed by atoms with Gasteiger partial charge in [0.05, 0.1) is 0 Å². The quantitative estimate of drug-likeness (QED) is 0.281. The van der Waals surface area contributed by atoms with E-state index in [1.165, 1.54) is 38.5 Å². The first-order valence-electron chi connectivity index (χ1n) is 8.26.